The van der Waals surface area contributed by atoms with Gasteiger partial charge in [0.1, 0.15) is 27.2 Å². The summed E-state index contributed by atoms with van der Waals surface area (Å²) in [5.74, 6) is -3.64. The highest BCUT2D eigenvalue weighted by Gasteiger charge is 2.55. The Kier molecular flexibility index (Phi) is 6.84. The molecule has 3 amide bonds. The fourth-order valence-electron chi connectivity index (χ4n) is 4.06. The Hall–Kier alpha value is -3.75. The molecule has 3 heterocycles. The molecule has 0 saturated carbocycles. The number of carbonyl (C=O) groups is 4. The van der Waals surface area contributed by atoms with Gasteiger partial charge in [-0.05, 0) is 5.56 Å². The first-order valence-electron chi connectivity index (χ1n) is 10.5. The minimum absolute atomic E-state index is 0.0438. The molecule has 1 fully saturated rings. The Morgan fingerprint density at radius 3 is 2.39 bits per heavy atom. The highest BCUT2D eigenvalue weighted by molar-refractivity contribution is 8.00. The average molecular weight is 533 g/mol. The third-order valence-corrected chi connectivity index (χ3v) is 8.13. The van der Waals surface area contributed by atoms with Gasteiger partial charge < -0.3 is 20.7 Å². The third-order valence-electron chi connectivity index (χ3n) is 5.73. The lowest BCUT2D eigenvalue weighted by Gasteiger charge is -2.49. The average Bonchev–Trinajstić information content (AvgIpc) is 2.82. The largest absolute Gasteiger partial charge is 0.747 e. The van der Waals surface area contributed by atoms with Gasteiger partial charge in [-0.3, -0.25) is 19.3 Å². The Balaban J connectivity index is 1.54. The first-order chi connectivity index (χ1) is 17.0. The van der Waals surface area contributed by atoms with Crippen LogP contribution < -0.4 is 15.6 Å². The van der Waals surface area contributed by atoms with Gasteiger partial charge in [-0.25, -0.2) is 17.8 Å². The fourth-order valence-corrected chi connectivity index (χ4v) is 6.21. The number of amides is 3. The maximum atomic E-state index is 12.9. The van der Waals surface area contributed by atoms with E-state index in [0.717, 1.165) is 4.90 Å². The smallest absolute Gasteiger partial charge is 0.352 e. The van der Waals surface area contributed by atoms with Gasteiger partial charge in [0.2, 0.25) is 11.8 Å². The van der Waals surface area contributed by atoms with Crippen LogP contribution >= 0.6 is 11.8 Å². The van der Waals surface area contributed by atoms with Crippen LogP contribution in [0.2, 0.25) is 0 Å². The number of carboxylic acids is 1. The summed E-state index contributed by atoms with van der Waals surface area (Å²) in [5, 5.41) is 9.29. The third kappa shape index (κ3) is 4.82. The van der Waals surface area contributed by atoms with Crippen LogP contribution in [0.25, 0.3) is 0 Å². The second-order valence-electron chi connectivity index (χ2n) is 8.06. The number of hydrogen-bond donors (Lipinski definition) is 3. The van der Waals surface area contributed by atoms with Crippen LogP contribution in [-0.4, -0.2) is 63.8 Å². The number of primary amides is 1. The van der Waals surface area contributed by atoms with Crippen LogP contribution in [0, 0.1) is 0 Å². The molecule has 12 nitrogen and oxygen atoms in total. The summed E-state index contributed by atoms with van der Waals surface area (Å²) < 4.78 is 37.1. The zero-order valence-electron chi connectivity index (χ0n) is 18.4. The summed E-state index contributed by atoms with van der Waals surface area (Å²) >= 11 is 1.19. The molecule has 0 bridgehead atoms. The van der Waals surface area contributed by atoms with Crippen molar-refractivity contribution in [2.45, 2.75) is 23.2 Å². The first-order valence-corrected chi connectivity index (χ1v) is 13.0. The molecule has 1 saturated heterocycles. The fraction of sp³-hybridized carbons (Fsp3) is 0.227. The van der Waals surface area contributed by atoms with Crippen molar-refractivity contribution in [3.63, 3.8) is 0 Å². The van der Waals surface area contributed by atoms with E-state index in [1.54, 1.807) is 23.0 Å². The second-order valence-corrected chi connectivity index (χ2v) is 10.6. The molecule has 2 aliphatic heterocycles. The Labute approximate surface area is 209 Å². The van der Waals surface area contributed by atoms with Gasteiger partial charge in [-0.1, -0.05) is 30.3 Å². The highest BCUT2D eigenvalue weighted by Crippen LogP contribution is 2.40. The van der Waals surface area contributed by atoms with E-state index in [0.29, 0.717) is 5.57 Å². The number of hydrogen-bond acceptors (Lipinski definition) is 8. The number of aromatic nitrogens is 1. The summed E-state index contributed by atoms with van der Waals surface area (Å²) in [5.41, 5.74) is 5.64. The number of nitrogens with two attached hydrogens (primary N) is 1. The number of carboxylic acid groups (broad SMARTS) is 1. The van der Waals surface area contributed by atoms with Crippen LogP contribution in [-0.2, 0) is 31.0 Å². The molecule has 0 radical (unpaired) electrons. The lowest BCUT2D eigenvalue weighted by molar-refractivity contribution is -0.689. The van der Waals surface area contributed by atoms with Gasteiger partial charge in [0.05, 0.1) is 5.56 Å². The van der Waals surface area contributed by atoms with Crippen LogP contribution in [0.15, 0.2) is 66.1 Å². The first kappa shape index (κ1) is 25.3. The van der Waals surface area contributed by atoms with Crippen molar-refractivity contribution < 1.29 is 41.8 Å². The van der Waals surface area contributed by atoms with E-state index in [1.165, 1.54) is 48.2 Å². The van der Waals surface area contributed by atoms with Gasteiger partial charge in [-0.2, -0.15) is 0 Å². The molecule has 1 aromatic carbocycles. The number of benzene rings is 1. The van der Waals surface area contributed by atoms with Gasteiger partial charge >= 0.3 is 5.97 Å². The SMILES string of the molecule is NC(=O)c1cc[n+](CC2=C(C(=O)O)N3C(=O)[C@@H](NC(=O)C(c4ccccc4)S(=O)(=O)[O-])C3SC2)cc1. The maximum Gasteiger partial charge on any atom is 0.352 e. The van der Waals surface area contributed by atoms with Crippen molar-refractivity contribution in [3.05, 3.63) is 77.3 Å². The van der Waals surface area contributed by atoms with Crippen LogP contribution in [0.3, 0.4) is 0 Å². The van der Waals surface area contributed by atoms with E-state index in [-0.39, 0.29) is 29.1 Å². The van der Waals surface area contributed by atoms with Crippen molar-refractivity contribution in [2.24, 2.45) is 5.73 Å². The molecule has 4 N–H and O–H groups in total. The topological polar surface area (TPSA) is 191 Å². The normalized spacial score (nSPS) is 20.2. The monoisotopic (exact) mass is 532 g/mol. The predicted octanol–water partition coefficient (Wildman–Crippen LogP) is -0.902. The minimum atomic E-state index is -5.10. The van der Waals surface area contributed by atoms with Gasteiger partial charge in [-0.15, -0.1) is 11.8 Å². The van der Waals surface area contributed by atoms with Crippen molar-refractivity contribution >= 4 is 45.6 Å². The number of thioether (sulfide) groups is 1. The van der Waals surface area contributed by atoms with E-state index in [2.05, 4.69) is 5.32 Å². The number of rotatable bonds is 8. The van der Waals surface area contributed by atoms with E-state index in [1.807, 2.05) is 0 Å². The second kappa shape index (κ2) is 9.72. The molecule has 188 valence electrons. The van der Waals surface area contributed by atoms with E-state index in [4.69, 9.17) is 5.73 Å². The Morgan fingerprint density at radius 1 is 1.19 bits per heavy atom. The number of β-lactam (4-membered cyclic amide) rings is 1. The molecule has 3 atom stereocenters. The summed E-state index contributed by atoms with van der Waals surface area (Å²) in [6.07, 6.45) is 3.11. The van der Waals surface area contributed by atoms with E-state index >= 15 is 0 Å². The zero-order chi connectivity index (χ0) is 26.2. The number of aliphatic carboxylic acids is 1. The zero-order valence-corrected chi connectivity index (χ0v) is 20.1. The Morgan fingerprint density at radius 2 is 1.83 bits per heavy atom. The molecule has 36 heavy (non-hydrogen) atoms. The standard InChI is InChI=1S/C22H20N4O8S2/c23-18(27)13-6-8-25(9-7-13)10-14-11-35-21-15(20(29)26(21)16(14)22(30)31)24-19(28)17(36(32,33)34)12-4-2-1-3-5-12/h1-9,15,17,21H,10-11H2,(H4-,23,24,27,28,30,31,32,33,34)/t15-,17?,21?/m1/s1. The molecule has 14 heteroatoms. The number of fused-ring (bicyclic) bond motifs is 1. The van der Waals surface area contributed by atoms with Crippen molar-refractivity contribution in [1.82, 2.24) is 10.2 Å². The quantitative estimate of drug-likeness (QED) is 0.220. The number of carbonyl (C=O) groups excluding carboxylic acids is 3. The summed E-state index contributed by atoms with van der Waals surface area (Å²) in [7, 11) is -5.10. The van der Waals surface area contributed by atoms with E-state index < -0.39 is 50.5 Å². The number of pyridine rings is 1. The minimum Gasteiger partial charge on any atom is -0.747 e. The van der Waals surface area contributed by atoms with Gasteiger partial charge in [0.15, 0.2) is 24.2 Å². The number of nitrogens with zero attached hydrogens (tertiary/aromatic N) is 2. The van der Waals surface area contributed by atoms with E-state index in [9.17, 15) is 37.3 Å². The van der Waals surface area contributed by atoms with Crippen molar-refractivity contribution in [2.75, 3.05) is 5.75 Å². The molecular formula is C22H20N4O8S2. The lowest BCUT2D eigenvalue weighted by Crippen LogP contribution is -2.71. The summed E-state index contributed by atoms with van der Waals surface area (Å²) in [6.45, 7) is 0.117. The summed E-state index contributed by atoms with van der Waals surface area (Å²) in [6, 6.07) is 8.92. The molecule has 2 aromatic rings. The van der Waals surface area contributed by atoms with Crippen LogP contribution in [0.1, 0.15) is 21.2 Å². The molecule has 0 aliphatic carbocycles. The molecule has 0 spiro atoms. The molecule has 2 aliphatic rings. The van der Waals surface area contributed by atoms with Crippen LogP contribution in [0.5, 0.6) is 0 Å². The van der Waals surface area contributed by atoms with Gasteiger partial charge in [0.25, 0.3) is 5.91 Å². The predicted molar refractivity (Wildman–Crippen MR) is 124 cm³/mol. The lowest BCUT2D eigenvalue weighted by atomic mass is 10.0. The number of nitrogens with one attached hydrogen (secondary N) is 1. The Bertz CT molecular complexity index is 1380. The molecule has 2 unspecified atom stereocenters. The highest BCUT2D eigenvalue weighted by atomic mass is 32.2. The van der Waals surface area contributed by atoms with Gasteiger partial charge in [0, 0.05) is 23.5 Å². The molecule has 1 aromatic heterocycles. The maximum absolute atomic E-state index is 12.9. The van der Waals surface area contributed by atoms with Crippen molar-refractivity contribution in [1.29, 1.82) is 0 Å². The summed E-state index contributed by atoms with van der Waals surface area (Å²) in [4.78, 5) is 50.0. The van der Waals surface area contributed by atoms with Crippen LogP contribution in [0.4, 0.5) is 0 Å². The van der Waals surface area contributed by atoms with Crippen molar-refractivity contribution in [3.8, 4) is 0 Å². The molecular weight excluding hydrogens is 512 g/mol. The molecule has 4 rings (SSSR count).